The van der Waals surface area contributed by atoms with Crippen LogP contribution in [0.15, 0.2) is 53.6 Å². The van der Waals surface area contributed by atoms with Crippen molar-refractivity contribution in [3.63, 3.8) is 0 Å². The highest BCUT2D eigenvalue weighted by atomic mass is 16.5. The molecule has 0 atom stereocenters. The summed E-state index contributed by atoms with van der Waals surface area (Å²) in [7, 11) is 0. The Hall–Kier alpha value is -3.35. The Labute approximate surface area is 157 Å². The molecule has 142 valence electrons. The molecule has 2 aromatic carbocycles. The number of amides is 1. The number of ether oxygens (including phenoxy) is 2. The molecule has 0 heterocycles. The molecule has 7 nitrogen and oxygen atoms in total. The first-order valence-corrected chi connectivity index (χ1v) is 8.46. The molecule has 0 fully saturated rings. The first kappa shape index (κ1) is 20.0. The van der Waals surface area contributed by atoms with Crippen molar-refractivity contribution in [3.8, 4) is 11.5 Å². The summed E-state index contributed by atoms with van der Waals surface area (Å²) in [5.74, 6) is -0.710. The van der Waals surface area contributed by atoms with Crippen LogP contribution in [0.4, 0.5) is 0 Å². The fraction of sp³-hybridized carbons (Fsp3) is 0.250. The van der Waals surface area contributed by atoms with Crippen molar-refractivity contribution >= 4 is 17.6 Å². The minimum Gasteiger partial charge on any atom is -0.546 e. The van der Waals surface area contributed by atoms with E-state index >= 15 is 0 Å². The predicted octanol–water partition coefficient (Wildman–Crippen LogP) is 1.30. The lowest BCUT2D eigenvalue weighted by Gasteiger charge is -2.09. The molecule has 0 unspecified atom stereocenters. The molecule has 0 saturated carbocycles. The van der Waals surface area contributed by atoms with Gasteiger partial charge in [-0.2, -0.15) is 5.10 Å². The number of hydrogen-bond donors (Lipinski definition) is 1. The van der Waals surface area contributed by atoms with Crippen LogP contribution in [0.5, 0.6) is 11.5 Å². The molecule has 7 heteroatoms. The minimum atomic E-state index is -1.30. The summed E-state index contributed by atoms with van der Waals surface area (Å²) in [4.78, 5) is 22.3. The number of carboxylic acid groups (broad SMARTS) is 1. The van der Waals surface area contributed by atoms with Gasteiger partial charge in [0.15, 0.2) is 6.61 Å². The molecule has 1 N–H and O–H groups in total. The lowest BCUT2D eigenvalue weighted by atomic mass is 10.1. The van der Waals surface area contributed by atoms with Crippen molar-refractivity contribution < 1.29 is 24.2 Å². The van der Waals surface area contributed by atoms with Crippen LogP contribution in [-0.4, -0.2) is 30.8 Å². The molecule has 0 spiro atoms. The van der Waals surface area contributed by atoms with Gasteiger partial charge in [0.05, 0.1) is 11.7 Å². The van der Waals surface area contributed by atoms with Gasteiger partial charge in [-0.15, -0.1) is 0 Å². The van der Waals surface area contributed by atoms with Gasteiger partial charge < -0.3 is 19.4 Å². The van der Waals surface area contributed by atoms with E-state index in [1.54, 1.807) is 31.2 Å². The molecule has 1 amide bonds. The molecule has 2 rings (SSSR count). The Bertz CT molecular complexity index is 815. The highest BCUT2D eigenvalue weighted by molar-refractivity contribution is 5.99. The number of aryl methyl sites for hydroxylation is 1. The van der Waals surface area contributed by atoms with Gasteiger partial charge in [0.2, 0.25) is 0 Å². The second kappa shape index (κ2) is 9.96. The molecule has 0 radical (unpaired) electrons. The predicted molar refractivity (Wildman–Crippen MR) is 98.6 cm³/mol. The lowest BCUT2D eigenvalue weighted by molar-refractivity contribution is -0.307. The summed E-state index contributed by atoms with van der Waals surface area (Å²) in [5, 5.41) is 14.5. The quantitative estimate of drug-likeness (QED) is 0.530. The molecular formula is C20H21N2O5-. The summed E-state index contributed by atoms with van der Waals surface area (Å²) < 4.78 is 10.5. The lowest BCUT2D eigenvalue weighted by Crippen LogP contribution is -2.29. The monoisotopic (exact) mass is 369 g/mol. The number of nitrogens with one attached hydrogen (secondary N) is 1. The van der Waals surface area contributed by atoms with E-state index in [4.69, 9.17) is 9.47 Å². The molecule has 27 heavy (non-hydrogen) atoms. The van der Waals surface area contributed by atoms with E-state index < -0.39 is 18.5 Å². The fourth-order valence-corrected chi connectivity index (χ4v) is 2.17. The van der Waals surface area contributed by atoms with E-state index in [-0.39, 0.29) is 6.61 Å². The van der Waals surface area contributed by atoms with Gasteiger partial charge >= 0.3 is 0 Å². The van der Waals surface area contributed by atoms with E-state index in [2.05, 4.69) is 17.5 Å². The second-order valence-corrected chi connectivity index (χ2v) is 5.71. The number of carbonyl (C=O) groups is 2. The maximum absolute atomic E-state index is 11.9. The summed E-state index contributed by atoms with van der Waals surface area (Å²) >= 11 is 0. The number of hydrogen-bond acceptors (Lipinski definition) is 6. The van der Waals surface area contributed by atoms with Crippen LogP contribution in [0.2, 0.25) is 0 Å². The highest BCUT2D eigenvalue weighted by Crippen LogP contribution is 2.14. The van der Waals surface area contributed by atoms with Gasteiger partial charge in [-0.05, 0) is 43.2 Å². The zero-order valence-electron chi connectivity index (χ0n) is 15.2. The topological polar surface area (TPSA) is 100 Å². The minimum absolute atomic E-state index is 0.156. The van der Waals surface area contributed by atoms with Crippen molar-refractivity contribution in [2.75, 3.05) is 13.2 Å². The fourth-order valence-electron chi connectivity index (χ4n) is 2.17. The van der Waals surface area contributed by atoms with Gasteiger partial charge in [-0.1, -0.05) is 31.2 Å². The molecule has 0 aliphatic heterocycles. The first-order valence-electron chi connectivity index (χ1n) is 8.46. The summed E-state index contributed by atoms with van der Waals surface area (Å²) in [5.41, 5.74) is 4.83. The first-order chi connectivity index (χ1) is 13.0. The van der Waals surface area contributed by atoms with E-state index in [1.165, 1.54) is 5.56 Å². The van der Waals surface area contributed by atoms with Crippen LogP contribution in [0, 0.1) is 0 Å². The van der Waals surface area contributed by atoms with Gasteiger partial charge in [0, 0.05) is 5.56 Å². The number of carboxylic acids is 1. The van der Waals surface area contributed by atoms with Crippen LogP contribution in [0.25, 0.3) is 0 Å². The number of rotatable bonds is 9. The van der Waals surface area contributed by atoms with Gasteiger partial charge in [0.1, 0.15) is 18.1 Å². The molecule has 2 aromatic rings. The summed E-state index contributed by atoms with van der Waals surface area (Å²) in [6, 6.07) is 14.2. The molecule has 0 aliphatic carbocycles. The maximum Gasteiger partial charge on any atom is 0.277 e. The van der Waals surface area contributed by atoms with Crippen LogP contribution < -0.4 is 20.0 Å². The third-order valence-electron chi connectivity index (χ3n) is 3.66. The van der Waals surface area contributed by atoms with Crippen LogP contribution in [-0.2, 0) is 16.0 Å². The van der Waals surface area contributed by atoms with Crippen molar-refractivity contribution in [2.24, 2.45) is 5.10 Å². The Morgan fingerprint density at radius 3 is 2.41 bits per heavy atom. The number of carbonyl (C=O) groups excluding carboxylic acids is 2. The number of nitrogens with zero attached hydrogens (tertiary/aromatic N) is 1. The van der Waals surface area contributed by atoms with E-state index in [9.17, 15) is 14.7 Å². The van der Waals surface area contributed by atoms with Crippen LogP contribution >= 0.6 is 0 Å². The summed E-state index contributed by atoms with van der Waals surface area (Å²) in [6.45, 7) is 3.08. The largest absolute Gasteiger partial charge is 0.546 e. The normalized spacial score (nSPS) is 11.0. The number of aliphatic carboxylic acids is 1. The zero-order valence-corrected chi connectivity index (χ0v) is 15.2. The molecular weight excluding hydrogens is 348 g/mol. The smallest absolute Gasteiger partial charge is 0.277 e. The Morgan fingerprint density at radius 2 is 1.74 bits per heavy atom. The number of hydrazone groups is 1. The van der Waals surface area contributed by atoms with E-state index in [0.29, 0.717) is 22.8 Å². The molecule has 0 saturated heterocycles. The standard InChI is InChI=1S/C20H22N2O5/c1-3-15-7-9-17(10-8-15)26-12-19(23)22-21-14(2)16-5-4-6-18(11-16)27-13-20(24)25/h4-11H,3,12-13H2,1-2H3,(H,22,23)(H,24,25)/p-1/b21-14-. The average Bonchev–Trinajstić information content (AvgIpc) is 2.69. The zero-order chi connectivity index (χ0) is 19.6. The SMILES string of the molecule is CCc1ccc(OCC(=O)N/N=C(/C)c2cccc(OCC(=O)[O-])c2)cc1. The Kier molecular flexibility index (Phi) is 7.37. The van der Waals surface area contributed by atoms with Crippen molar-refractivity contribution in [1.82, 2.24) is 5.43 Å². The van der Waals surface area contributed by atoms with E-state index in [0.717, 1.165) is 6.42 Å². The Balaban J connectivity index is 1.87. The van der Waals surface area contributed by atoms with Crippen molar-refractivity contribution in [2.45, 2.75) is 20.3 Å². The number of benzene rings is 2. The highest BCUT2D eigenvalue weighted by Gasteiger charge is 2.04. The van der Waals surface area contributed by atoms with Crippen LogP contribution in [0.1, 0.15) is 25.0 Å². The third kappa shape index (κ3) is 6.81. The Morgan fingerprint density at radius 1 is 1.04 bits per heavy atom. The van der Waals surface area contributed by atoms with Gasteiger partial charge in [0.25, 0.3) is 5.91 Å². The van der Waals surface area contributed by atoms with Crippen molar-refractivity contribution in [1.29, 1.82) is 0 Å². The molecule has 0 aromatic heterocycles. The van der Waals surface area contributed by atoms with Gasteiger partial charge in [-0.25, -0.2) is 5.43 Å². The average molecular weight is 369 g/mol. The van der Waals surface area contributed by atoms with E-state index in [1.807, 2.05) is 24.3 Å². The second-order valence-electron chi connectivity index (χ2n) is 5.71. The van der Waals surface area contributed by atoms with Crippen molar-refractivity contribution in [3.05, 3.63) is 59.7 Å². The molecule has 0 bridgehead atoms. The third-order valence-corrected chi connectivity index (χ3v) is 3.66. The maximum atomic E-state index is 11.9. The summed E-state index contributed by atoms with van der Waals surface area (Å²) in [6.07, 6.45) is 0.939. The molecule has 0 aliphatic rings. The van der Waals surface area contributed by atoms with Crippen LogP contribution in [0.3, 0.4) is 0 Å². The van der Waals surface area contributed by atoms with Gasteiger partial charge in [-0.3, -0.25) is 4.79 Å².